The second-order valence-corrected chi connectivity index (χ2v) is 4.96. The van der Waals surface area contributed by atoms with Gasteiger partial charge in [0.15, 0.2) is 11.7 Å². The number of Topliss-reactive ketones (excluding diaryl/α,β-unsaturated/α-hetero) is 1. The highest BCUT2D eigenvalue weighted by Crippen LogP contribution is 2.29. The van der Waals surface area contributed by atoms with Crippen molar-refractivity contribution in [1.82, 2.24) is 15.5 Å². The van der Waals surface area contributed by atoms with Gasteiger partial charge in [0.2, 0.25) is 11.7 Å². The number of hydrogen-bond donors (Lipinski definition) is 1. The van der Waals surface area contributed by atoms with Crippen LogP contribution in [0.25, 0.3) is 11.4 Å². The van der Waals surface area contributed by atoms with E-state index in [2.05, 4.69) is 26.6 Å². The van der Waals surface area contributed by atoms with Gasteiger partial charge in [-0.05, 0) is 0 Å². The Morgan fingerprint density at radius 3 is 2.50 bits per heavy atom. The summed E-state index contributed by atoms with van der Waals surface area (Å²) in [6.45, 7) is 3.50. The zero-order chi connectivity index (χ0) is 19.3. The molecular formula is C16H11F3N4O3. The first-order valence-corrected chi connectivity index (χ1v) is 7.11. The van der Waals surface area contributed by atoms with E-state index in [0.717, 1.165) is 0 Å². The van der Waals surface area contributed by atoms with Crippen LogP contribution in [0.3, 0.4) is 0 Å². The molecule has 26 heavy (non-hydrogen) atoms. The summed E-state index contributed by atoms with van der Waals surface area (Å²) in [5.41, 5.74) is 0.207. The van der Waals surface area contributed by atoms with Crippen molar-refractivity contribution in [3.63, 3.8) is 0 Å². The molecule has 0 spiro atoms. The normalized spacial score (nSPS) is 12.1. The average Bonchev–Trinajstić information content (AvgIpc) is 3.11. The first-order valence-electron chi connectivity index (χ1n) is 7.11. The molecule has 0 saturated carbocycles. The summed E-state index contributed by atoms with van der Waals surface area (Å²) in [7, 11) is 0. The van der Waals surface area contributed by atoms with E-state index in [9.17, 15) is 22.8 Å². The second kappa shape index (κ2) is 7.60. The Bertz CT molecular complexity index is 866. The van der Waals surface area contributed by atoms with Crippen LogP contribution in [-0.2, 0) is 11.0 Å². The van der Waals surface area contributed by atoms with E-state index in [1.54, 1.807) is 6.07 Å². The number of halogens is 3. The van der Waals surface area contributed by atoms with Gasteiger partial charge in [0.25, 0.3) is 0 Å². The third-order valence-electron chi connectivity index (χ3n) is 3.17. The van der Waals surface area contributed by atoms with E-state index in [0.29, 0.717) is 0 Å². The summed E-state index contributed by atoms with van der Waals surface area (Å²) < 4.78 is 41.5. The summed E-state index contributed by atoms with van der Waals surface area (Å²) in [5.74, 6) is -4.87. The molecule has 1 N–H and O–H groups in total. The zero-order valence-corrected chi connectivity index (χ0v) is 13.1. The van der Waals surface area contributed by atoms with E-state index < -0.39 is 29.7 Å². The van der Waals surface area contributed by atoms with Gasteiger partial charge in [0, 0.05) is 17.7 Å². The van der Waals surface area contributed by atoms with Gasteiger partial charge >= 0.3 is 12.1 Å². The number of carbonyl (C=O) groups is 2. The topological polar surface area (TPSA) is 109 Å². The molecule has 0 bridgehead atoms. The summed E-state index contributed by atoms with van der Waals surface area (Å²) in [5, 5.41) is 14.6. The lowest BCUT2D eigenvalue weighted by Crippen LogP contribution is -2.34. The van der Waals surface area contributed by atoms with E-state index in [1.807, 2.05) is 0 Å². The van der Waals surface area contributed by atoms with Gasteiger partial charge in [-0.2, -0.15) is 23.4 Å². The predicted octanol–water partition coefficient (Wildman–Crippen LogP) is 2.38. The van der Waals surface area contributed by atoms with E-state index in [1.165, 1.54) is 30.3 Å². The molecule has 0 aliphatic carbocycles. The molecule has 0 saturated heterocycles. The summed E-state index contributed by atoms with van der Waals surface area (Å²) in [6, 6.07) is 6.70. The van der Waals surface area contributed by atoms with E-state index in [4.69, 9.17) is 5.26 Å². The number of benzene rings is 1. The molecule has 0 aliphatic heterocycles. The summed E-state index contributed by atoms with van der Waals surface area (Å²) >= 11 is 0. The number of nitriles is 1. The molecule has 1 heterocycles. The van der Waals surface area contributed by atoms with Crippen LogP contribution >= 0.6 is 0 Å². The number of ketones is 1. The van der Waals surface area contributed by atoms with Crippen LogP contribution in [0.5, 0.6) is 0 Å². The Morgan fingerprint density at radius 1 is 1.35 bits per heavy atom. The van der Waals surface area contributed by atoms with Crippen LogP contribution in [0.1, 0.15) is 16.2 Å². The number of rotatable bonds is 6. The fraction of sp³-hybridized carbons (Fsp3) is 0.188. The quantitative estimate of drug-likeness (QED) is 0.479. The van der Waals surface area contributed by atoms with Gasteiger partial charge in [0.05, 0.1) is 6.07 Å². The smallest absolute Gasteiger partial charge is 0.351 e. The van der Waals surface area contributed by atoms with Crippen LogP contribution in [-0.4, -0.2) is 28.4 Å². The van der Waals surface area contributed by atoms with Crippen LogP contribution in [0, 0.1) is 17.2 Å². The summed E-state index contributed by atoms with van der Waals surface area (Å²) in [6.07, 6.45) is -3.37. The Balaban J connectivity index is 2.19. The van der Waals surface area contributed by atoms with Gasteiger partial charge < -0.3 is 9.84 Å². The van der Waals surface area contributed by atoms with Crippen LogP contribution in [0.4, 0.5) is 13.2 Å². The maximum Gasteiger partial charge on any atom is 0.471 e. The highest BCUT2D eigenvalue weighted by atomic mass is 19.4. The molecule has 0 radical (unpaired) electrons. The van der Waals surface area contributed by atoms with Gasteiger partial charge in [-0.1, -0.05) is 35.5 Å². The lowest BCUT2D eigenvalue weighted by Gasteiger charge is -2.08. The highest BCUT2D eigenvalue weighted by molar-refractivity contribution is 6.12. The zero-order valence-electron chi connectivity index (χ0n) is 13.1. The Kier molecular flexibility index (Phi) is 5.51. The Morgan fingerprint density at radius 2 is 2.00 bits per heavy atom. The predicted molar refractivity (Wildman–Crippen MR) is 81.4 cm³/mol. The molecule has 0 aliphatic rings. The lowest BCUT2D eigenvalue weighted by molar-refractivity contribution is -0.159. The fourth-order valence-corrected chi connectivity index (χ4v) is 1.92. The molecular weight excluding hydrogens is 353 g/mol. The fourth-order valence-electron chi connectivity index (χ4n) is 1.92. The maximum atomic E-state index is 12.5. The minimum Gasteiger partial charge on any atom is -0.351 e. The number of nitrogens with one attached hydrogen (secondary N) is 1. The molecule has 2 rings (SSSR count). The van der Waals surface area contributed by atoms with Crippen molar-refractivity contribution in [3.8, 4) is 17.5 Å². The Labute approximate surface area is 145 Å². The molecule has 1 atom stereocenters. The molecule has 1 aromatic carbocycles. The molecule has 134 valence electrons. The number of amides is 1. The van der Waals surface area contributed by atoms with Crippen molar-refractivity contribution in [2.45, 2.75) is 6.18 Å². The number of alkyl halides is 3. The van der Waals surface area contributed by atoms with Gasteiger partial charge in [-0.15, -0.1) is 6.58 Å². The van der Waals surface area contributed by atoms with Crippen molar-refractivity contribution in [3.05, 3.63) is 48.4 Å². The first kappa shape index (κ1) is 18.9. The molecule has 10 heteroatoms. The number of aromatic nitrogens is 2. The minimum absolute atomic E-state index is 0.0357. The van der Waals surface area contributed by atoms with Crippen LogP contribution in [0.15, 0.2) is 41.4 Å². The maximum absolute atomic E-state index is 12.5. The third-order valence-corrected chi connectivity index (χ3v) is 3.17. The molecule has 1 amide bonds. The lowest BCUT2D eigenvalue weighted by atomic mass is 9.97. The van der Waals surface area contributed by atoms with Crippen LogP contribution < -0.4 is 5.32 Å². The minimum atomic E-state index is -4.76. The molecule has 0 fully saturated rings. The van der Waals surface area contributed by atoms with E-state index >= 15 is 0 Å². The average molecular weight is 364 g/mol. The van der Waals surface area contributed by atoms with Crippen molar-refractivity contribution >= 4 is 11.7 Å². The summed E-state index contributed by atoms with van der Waals surface area (Å²) in [4.78, 5) is 27.3. The highest BCUT2D eigenvalue weighted by Gasteiger charge is 2.38. The van der Waals surface area contributed by atoms with Gasteiger partial charge in [0.1, 0.15) is 0 Å². The molecule has 0 unspecified atom stereocenters. The van der Waals surface area contributed by atoms with E-state index in [-0.39, 0.29) is 23.5 Å². The third kappa shape index (κ3) is 4.13. The second-order valence-electron chi connectivity index (χ2n) is 4.96. The monoisotopic (exact) mass is 364 g/mol. The first-order chi connectivity index (χ1) is 12.3. The van der Waals surface area contributed by atoms with Crippen molar-refractivity contribution in [1.29, 1.82) is 5.26 Å². The van der Waals surface area contributed by atoms with Gasteiger partial charge in [-0.3, -0.25) is 9.59 Å². The van der Waals surface area contributed by atoms with Crippen molar-refractivity contribution in [2.75, 3.05) is 6.54 Å². The van der Waals surface area contributed by atoms with Crippen molar-refractivity contribution < 1.29 is 27.3 Å². The number of carbonyl (C=O) groups excluding carboxylic acids is 2. The van der Waals surface area contributed by atoms with Gasteiger partial charge in [-0.25, -0.2) is 0 Å². The SMILES string of the molecule is C=CCNC(=O)[C@@H](C#N)C(=O)c1ccc(-c2noc(C(F)(F)F)n2)cc1. The Hall–Kier alpha value is -3.48. The standard InChI is InChI=1S/C16H11F3N4O3/c1-2-7-21-14(25)11(8-20)12(24)9-3-5-10(6-4-9)13-22-15(26-23-13)16(17,18)19/h2-6,11H,1,7H2,(H,21,25)/t11-/m0/s1. The number of nitrogens with zero attached hydrogens (tertiary/aromatic N) is 3. The number of hydrogen-bond acceptors (Lipinski definition) is 6. The molecule has 7 nitrogen and oxygen atoms in total. The molecule has 1 aromatic heterocycles. The largest absolute Gasteiger partial charge is 0.471 e. The van der Waals surface area contributed by atoms with Crippen molar-refractivity contribution in [2.24, 2.45) is 5.92 Å². The van der Waals surface area contributed by atoms with Crippen LogP contribution in [0.2, 0.25) is 0 Å². The molecule has 2 aromatic rings.